The minimum absolute atomic E-state index is 0.00761. The molecule has 0 radical (unpaired) electrons. The van der Waals surface area contributed by atoms with Crippen LogP contribution in [0, 0.1) is 10.1 Å². The second kappa shape index (κ2) is 9.26. The predicted octanol–water partition coefficient (Wildman–Crippen LogP) is 2.48. The van der Waals surface area contributed by atoms with Gasteiger partial charge in [-0.3, -0.25) is 24.5 Å². The molecule has 3 N–H and O–H groups in total. The molecule has 0 aliphatic rings. The molecule has 0 unspecified atom stereocenters. The highest BCUT2D eigenvalue weighted by atomic mass is 16.6. The first-order valence-corrected chi connectivity index (χ1v) is 8.46. The lowest BCUT2D eigenvalue weighted by atomic mass is 10.1. The van der Waals surface area contributed by atoms with Crippen molar-refractivity contribution in [3.8, 4) is 0 Å². The molecule has 2 rings (SSSR count). The van der Waals surface area contributed by atoms with E-state index in [0.717, 1.165) is 5.56 Å². The molecule has 0 atom stereocenters. The van der Waals surface area contributed by atoms with Gasteiger partial charge in [0.1, 0.15) is 0 Å². The van der Waals surface area contributed by atoms with Gasteiger partial charge in [-0.2, -0.15) is 0 Å². The Kier molecular flexibility index (Phi) is 6.80. The number of carbonyl (C=O) groups excluding carboxylic acids is 3. The molecule has 3 amide bonds. The SMILES string of the molecule is CC(=O)Nc1cc(NC(C)=O)cc(C(=O)NCCc2cccc([N+](=O)[O-])c2)c1. The molecule has 0 aromatic heterocycles. The zero-order chi connectivity index (χ0) is 20.7. The normalized spacial score (nSPS) is 10.1. The molecule has 2 aromatic rings. The Hall–Kier alpha value is -3.75. The van der Waals surface area contributed by atoms with Crippen LogP contribution in [0.2, 0.25) is 0 Å². The monoisotopic (exact) mass is 384 g/mol. The number of nitro groups is 1. The molecule has 2 aromatic carbocycles. The molecule has 146 valence electrons. The summed E-state index contributed by atoms with van der Waals surface area (Å²) in [7, 11) is 0. The Morgan fingerprint density at radius 2 is 1.57 bits per heavy atom. The average molecular weight is 384 g/mol. The van der Waals surface area contributed by atoms with Crippen LogP contribution >= 0.6 is 0 Å². The number of non-ortho nitro benzene ring substituents is 1. The van der Waals surface area contributed by atoms with Crippen LogP contribution in [0.15, 0.2) is 42.5 Å². The number of hydrogen-bond acceptors (Lipinski definition) is 5. The van der Waals surface area contributed by atoms with E-state index in [1.807, 2.05) is 0 Å². The first-order chi connectivity index (χ1) is 13.2. The van der Waals surface area contributed by atoms with Crippen LogP contribution < -0.4 is 16.0 Å². The van der Waals surface area contributed by atoms with Crippen molar-refractivity contribution >= 4 is 34.8 Å². The van der Waals surface area contributed by atoms with Crippen LogP contribution in [-0.4, -0.2) is 29.2 Å². The predicted molar refractivity (Wildman–Crippen MR) is 104 cm³/mol. The first-order valence-electron chi connectivity index (χ1n) is 8.46. The van der Waals surface area contributed by atoms with Gasteiger partial charge >= 0.3 is 0 Å². The molecule has 28 heavy (non-hydrogen) atoms. The third-order valence-corrected chi connectivity index (χ3v) is 3.66. The Morgan fingerprint density at radius 3 is 2.11 bits per heavy atom. The van der Waals surface area contributed by atoms with Crippen molar-refractivity contribution in [3.63, 3.8) is 0 Å². The van der Waals surface area contributed by atoms with Crippen molar-refractivity contribution in [1.82, 2.24) is 5.32 Å². The summed E-state index contributed by atoms with van der Waals surface area (Å²) < 4.78 is 0. The number of nitrogens with zero attached hydrogens (tertiary/aromatic N) is 1. The number of nitrogens with one attached hydrogen (secondary N) is 3. The van der Waals surface area contributed by atoms with Crippen molar-refractivity contribution in [3.05, 3.63) is 63.7 Å². The summed E-state index contributed by atoms with van der Waals surface area (Å²) in [6.45, 7) is 2.94. The highest BCUT2D eigenvalue weighted by Gasteiger charge is 2.11. The van der Waals surface area contributed by atoms with E-state index in [0.29, 0.717) is 17.8 Å². The number of amides is 3. The van der Waals surface area contributed by atoms with E-state index < -0.39 is 10.8 Å². The lowest BCUT2D eigenvalue weighted by Gasteiger charge is -2.11. The average Bonchev–Trinajstić information content (AvgIpc) is 2.60. The van der Waals surface area contributed by atoms with Gasteiger partial charge in [0.25, 0.3) is 11.6 Å². The lowest BCUT2D eigenvalue weighted by molar-refractivity contribution is -0.384. The Balaban J connectivity index is 2.08. The van der Waals surface area contributed by atoms with Crippen molar-refractivity contribution in [2.24, 2.45) is 0 Å². The molecule has 0 heterocycles. The highest BCUT2D eigenvalue weighted by Crippen LogP contribution is 2.19. The van der Waals surface area contributed by atoms with Gasteiger partial charge in [0.2, 0.25) is 11.8 Å². The van der Waals surface area contributed by atoms with Gasteiger partial charge < -0.3 is 16.0 Å². The Labute approximate surface area is 161 Å². The molecule has 0 saturated heterocycles. The van der Waals surface area contributed by atoms with Gasteiger partial charge in [-0.1, -0.05) is 12.1 Å². The molecule has 0 saturated carbocycles. The van der Waals surface area contributed by atoms with E-state index in [1.165, 1.54) is 38.1 Å². The highest BCUT2D eigenvalue weighted by molar-refractivity contribution is 5.99. The van der Waals surface area contributed by atoms with Gasteiger partial charge in [-0.15, -0.1) is 0 Å². The van der Waals surface area contributed by atoms with E-state index in [-0.39, 0.29) is 29.6 Å². The fraction of sp³-hybridized carbons (Fsp3) is 0.211. The van der Waals surface area contributed by atoms with Crippen LogP contribution in [-0.2, 0) is 16.0 Å². The smallest absolute Gasteiger partial charge is 0.269 e. The van der Waals surface area contributed by atoms with E-state index in [2.05, 4.69) is 16.0 Å². The van der Waals surface area contributed by atoms with Crippen molar-refractivity contribution < 1.29 is 19.3 Å². The second-order valence-electron chi connectivity index (χ2n) is 6.09. The number of benzene rings is 2. The molecular formula is C19H20N4O5. The third-order valence-electron chi connectivity index (χ3n) is 3.66. The fourth-order valence-electron chi connectivity index (χ4n) is 2.56. The lowest BCUT2D eigenvalue weighted by Crippen LogP contribution is -2.26. The van der Waals surface area contributed by atoms with Crippen LogP contribution in [0.1, 0.15) is 29.8 Å². The number of anilines is 2. The minimum atomic E-state index is -0.473. The van der Waals surface area contributed by atoms with Crippen LogP contribution in [0.25, 0.3) is 0 Å². The topological polar surface area (TPSA) is 130 Å². The largest absolute Gasteiger partial charge is 0.352 e. The number of carbonyl (C=O) groups is 3. The molecule has 0 bridgehead atoms. The fourth-order valence-corrected chi connectivity index (χ4v) is 2.56. The first kappa shape index (κ1) is 20.6. The summed E-state index contributed by atoms with van der Waals surface area (Å²) in [5.41, 5.74) is 1.73. The number of hydrogen-bond donors (Lipinski definition) is 3. The summed E-state index contributed by atoms with van der Waals surface area (Å²) in [6, 6.07) is 10.7. The molecule has 0 aliphatic heterocycles. The third kappa shape index (κ3) is 6.20. The summed E-state index contributed by atoms with van der Waals surface area (Å²) in [4.78, 5) is 45.4. The summed E-state index contributed by atoms with van der Waals surface area (Å²) >= 11 is 0. The summed E-state index contributed by atoms with van der Waals surface area (Å²) in [5.74, 6) is -1.02. The quantitative estimate of drug-likeness (QED) is 0.499. The molecule has 9 nitrogen and oxygen atoms in total. The minimum Gasteiger partial charge on any atom is -0.352 e. The maximum atomic E-state index is 12.4. The van der Waals surface area contributed by atoms with Crippen molar-refractivity contribution in [2.45, 2.75) is 20.3 Å². The van der Waals surface area contributed by atoms with E-state index in [4.69, 9.17) is 0 Å². The Morgan fingerprint density at radius 1 is 0.964 bits per heavy atom. The van der Waals surface area contributed by atoms with E-state index in [1.54, 1.807) is 18.2 Å². The molecule has 0 fully saturated rings. The van der Waals surface area contributed by atoms with Gasteiger partial charge in [-0.05, 0) is 30.2 Å². The summed E-state index contributed by atoms with van der Waals surface area (Å²) in [5, 5.41) is 18.7. The van der Waals surface area contributed by atoms with Crippen LogP contribution in [0.4, 0.5) is 17.1 Å². The maximum absolute atomic E-state index is 12.4. The summed E-state index contributed by atoms with van der Waals surface area (Å²) in [6.07, 6.45) is 0.414. The van der Waals surface area contributed by atoms with Gasteiger partial charge in [0.05, 0.1) is 4.92 Å². The van der Waals surface area contributed by atoms with Gasteiger partial charge in [0.15, 0.2) is 0 Å². The second-order valence-corrected chi connectivity index (χ2v) is 6.09. The Bertz CT molecular complexity index is 892. The van der Waals surface area contributed by atoms with Crippen molar-refractivity contribution in [2.75, 3.05) is 17.2 Å². The van der Waals surface area contributed by atoms with Gasteiger partial charge in [-0.25, -0.2) is 0 Å². The van der Waals surface area contributed by atoms with E-state index >= 15 is 0 Å². The zero-order valence-corrected chi connectivity index (χ0v) is 15.4. The molecular weight excluding hydrogens is 364 g/mol. The zero-order valence-electron chi connectivity index (χ0n) is 15.4. The van der Waals surface area contributed by atoms with Crippen LogP contribution in [0.3, 0.4) is 0 Å². The molecule has 9 heteroatoms. The van der Waals surface area contributed by atoms with Crippen molar-refractivity contribution in [1.29, 1.82) is 0 Å². The van der Waals surface area contributed by atoms with Crippen LogP contribution in [0.5, 0.6) is 0 Å². The number of nitro benzene ring substituents is 1. The number of rotatable bonds is 7. The maximum Gasteiger partial charge on any atom is 0.269 e. The van der Waals surface area contributed by atoms with E-state index in [9.17, 15) is 24.5 Å². The van der Waals surface area contributed by atoms with Gasteiger partial charge in [0, 0.05) is 49.5 Å². The standard InChI is InChI=1S/C19H20N4O5/c1-12(24)21-16-9-15(10-17(11-16)22-13(2)25)19(26)20-7-6-14-4-3-5-18(8-14)23(27)28/h3-5,8-11H,6-7H2,1-2H3,(H,20,26)(H,21,24)(H,22,25). The molecule has 0 aliphatic carbocycles. The molecule has 0 spiro atoms.